The Morgan fingerprint density at radius 1 is 1.00 bits per heavy atom. The third-order valence-corrected chi connectivity index (χ3v) is 5.73. The summed E-state index contributed by atoms with van der Waals surface area (Å²) in [4.78, 5) is 28.3. The molecule has 0 spiro atoms. The smallest absolute Gasteiger partial charge is 0.252 e. The lowest BCUT2D eigenvalue weighted by molar-refractivity contribution is -0.00923. The Hall–Kier alpha value is -2.50. The van der Waals surface area contributed by atoms with Crippen LogP contribution in [0.4, 0.5) is 0 Å². The molecule has 0 radical (unpaired) electrons. The molecule has 1 aliphatic rings. The van der Waals surface area contributed by atoms with E-state index in [9.17, 15) is 9.59 Å². The SMILES string of the molecule is Cc1ccc(C(=O)c2ccccc2C(=O)NCC(C)(C)N2CCOCC2)cc1C. The predicted molar refractivity (Wildman–Crippen MR) is 115 cm³/mol. The van der Waals surface area contributed by atoms with Gasteiger partial charge in [0.25, 0.3) is 5.91 Å². The molecule has 0 saturated carbocycles. The van der Waals surface area contributed by atoms with E-state index in [-0.39, 0.29) is 17.2 Å². The van der Waals surface area contributed by atoms with Gasteiger partial charge in [-0.3, -0.25) is 14.5 Å². The van der Waals surface area contributed by atoms with Gasteiger partial charge in [-0.15, -0.1) is 0 Å². The molecule has 1 N–H and O–H groups in total. The second-order valence-electron chi connectivity index (χ2n) is 8.27. The number of nitrogens with zero attached hydrogens (tertiary/aromatic N) is 1. The fourth-order valence-corrected chi connectivity index (χ4v) is 3.59. The maximum Gasteiger partial charge on any atom is 0.252 e. The van der Waals surface area contributed by atoms with Crippen molar-refractivity contribution < 1.29 is 14.3 Å². The summed E-state index contributed by atoms with van der Waals surface area (Å²) >= 11 is 0. The van der Waals surface area contributed by atoms with Crippen molar-refractivity contribution in [3.05, 3.63) is 70.3 Å². The molecular weight excluding hydrogens is 364 g/mol. The van der Waals surface area contributed by atoms with E-state index in [1.165, 1.54) is 0 Å². The Kier molecular flexibility index (Phi) is 6.50. The van der Waals surface area contributed by atoms with Gasteiger partial charge in [0.1, 0.15) is 0 Å². The van der Waals surface area contributed by atoms with E-state index in [0.717, 1.165) is 24.2 Å². The van der Waals surface area contributed by atoms with E-state index in [2.05, 4.69) is 24.1 Å². The van der Waals surface area contributed by atoms with Crippen molar-refractivity contribution in [1.82, 2.24) is 10.2 Å². The summed E-state index contributed by atoms with van der Waals surface area (Å²) in [5, 5.41) is 3.03. The van der Waals surface area contributed by atoms with Gasteiger partial charge in [0, 0.05) is 36.3 Å². The number of ketones is 1. The van der Waals surface area contributed by atoms with Crippen LogP contribution in [0.1, 0.15) is 51.3 Å². The monoisotopic (exact) mass is 394 g/mol. The maximum atomic E-state index is 13.1. The van der Waals surface area contributed by atoms with Gasteiger partial charge in [-0.1, -0.05) is 30.3 Å². The minimum Gasteiger partial charge on any atom is -0.379 e. The van der Waals surface area contributed by atoms with E-state index in [4.69, 9.17) is 4.74 Å². The molecule has 2 aromatic rings. The van der Waals surface area contributed by atoms with Crippen LogP contribution in [0.3, 0.4) is 0 Å². The third kappa shape index (κ3) is 4.92. The zero-order valence-corrected chi connectivity index (χ0v) is 17.7. The molecule has 0 atom stereocenters. The zero-order chi connectivity index (χ0) is 21.0. The standard InChI is InChI=1S/C24H30N2O3/c1-17-9-10-19(15-18(17)2)22(27)20-7-5-6-8-21(20)23(28)25-16-24(3,4)26-11-13-29-14-12-26/h5-10,15H,11-14,16H2,1-4H3,(H,25,28). The number of benzene rings is 2. The highest BCUT2D eigenvalue weighted by molar-refractivity contribution is 6.15. The number of ether oxygens (including phenoxy) is 1. The maximum absolute atomic E-state index is 13.1. The van der Waals surface area contributed by atoms with E-state index in [1.807, 2.05) is 32.0 Å². The zero-order valence-electron chi connectivity index (χ0n) is 17.7. The number of hydrogen-bond donors (Lipinski definition) is 1. The highest BCUT2D eigenvalue weighted by Gasteiger charge is 2.29. The number of carbonyl (C=O) groups excluding carboxylic acids is 2. The van der Waals surface area contributed by atoms with Crippen molar-refractivity contribution in [2.24, 2.45) is 0 Å². The van der Waals surface area contributed by atoms with Crippen molar-refractivity contribution in [2.75, 3.05) is 32.8 Å². The number of amides is 1. The molecule has 29 heavy (non-hydrogen) atoms. The molecule has 1 aliphatic heterocycles. The molecule has 0 aliphatic carbocycles. The summed E-state index contributed by atoms with van der Waals surface area (Å²) in [7, 11) is 0. The topological polar surface area (TPSA) is 58.6 Å². The van der Waals surface area contributed by atoms with Crippen LogP contribution in [-0.4, -0.2) is 55.0 Å². The molecule has 1 saturated heterocycles. The first-order valence-corrected chi connectivity index (χ1v) is 10.1. The Morgan fingerprint density at radius 2 is 1.66 bits per heavy atom. The van der Waals surface area contributed by atoms with Crippen LogP contribution in [0.5, 0.6) is 0 Å². The Morgan fingerprint density at radius 3 is 2.31 bits per heavy atom. The van der Waals surface area contributed by atoms with Crippen LogP contribution in [-0.2, 0) is 4.74 Å². The molecule has 1 heterocycles. The van der Waals surface area contributed by atoms with Gasteiger partial charge in [-0.05, 0) is 51.0 Å². The molecule has 154 valence electrons. The van der Waals surface area contributed by atoms with E-state index in [1.54, 1.807) is 24.3 Å². The number of carbonyl (C=O) groups is 2. The Balaban J connectivity index is 1.76. The molecule has 5 nitrogen and oxygen atoms in total. The lowest BCUT2D eigenvalue weighted by Gasteiger charge is -2.40. The fourth-order valence-electron chi connectivity index (χ4n) is 3.59. The second kappa shape index (κ2) is 8.89. The number of hydrogen-bond acceptors (Lipinski definition) is 4. The molecule has 1 fully saturated rings. The van der Waals surface area contributed by atoms with Gasteiger partial charge in [0.15, 0.2) is 5.78 Å². The lowest BCUT2D eigenvalue weighted by Crippen LogP contribution is -2.55. The van der Waals surface area contributed by atoms with Gasteiger partial charge in [-0.2, -0.15) is 0 Å². The van der Waals surface area contributed by atoms with Crippen LogP contribution in [0.25, 0.3) is 0 Å². The van der Waals surface area contributed by atoms with E-state index in [0.29, 0.717) is 36.4 Å². The molecule has 3 rings (SSSR count). The average Bonchev–Trinajstić information content (AvgIpc) is 2.74. The van der Waals surface area contributed by atoms with Crippen LogP contribution in [0, 0.1) is 13.8 Å². The molecule has 5 heteroatoms. The van der Waals surface area contributed by atoms with Gasteiger partial charge < -0.3 is 10.1 Å². The normalized spacial score (nSPS) is 15.2. The van der Waals surface area contributed by atoms with Crippen LogP contribution in [0.15, 0.2) is 42.5 Å². The quantitative estimate of drug-likeness (QED) is 0.763. The predicted octanol–water partition coefficient (Wildman–Crippen LogP) is 3.38. The third-order valence-electron chi connectivity index (χ3n) is 5.73. The van der Waals surface area contributed by atoms with Gasteiger partial charge >= 0.3 is 0 Å². The first kappa shape index (κ1) is 21.2. The van der Waals surface area contributed by atoms with Crippen molar-refractivity contribution in [3.8, 4) is 0 Å². The number of aryl methyl sites for hydroxylation is 2. The fraction of sp³-hybridized carbons (Fsp3) is 0.417. The molecule has 1 amide bonds. The van der Waals surface area contributed by atoms with Crippen molar-refractivity contribution in [2.45, 2.75) is 33.2 Å². The first-order valence-electron chi connectivity index (χ1n) is 10.1. The summed E-state index contributed by atoms with van der Waals surface area (Å²) in [6, 6.07) is 12.7. The van der Waals surface area contributed by atoms with Crippen LogP contribution >= 0.6 is 0 Å². The van der Waals surface area contributed by atoms with Crippen LogP contribution in [0.2, 0.25) is 0 Å². The Bertz CT molecular complexity index is 899. The molecule has 0 bridgehead atoms. The van der Waals surface area contributed by atoms with Crippen molar-refractivity contribution in [3.63, 3.8) is 0 Å². The summed E-state index contributed by atoms with van der Waals surface area (Å²) in [5.74, 6) is -0.356. The summed E-state index contributed by atoms with van der Waals surface area (Å²) in [6.45, 7) is 11.9. The first-order chi connectivity index (χ1) is 13.8. The average molecular weight is 395 g/mol. The van der Waals surface area contributed by atoms with E-state index >= 15 is 0 Å². The highest BCUT2D eigenvalue weighted by Crippen LogP contribution is 2.19. The lowest BCUT2D eigenvalue weighted by atomic mass is 9.95. The summed E-state index contributed by atoms with van der Waals surface area (Å²) in [6.07, 6.45) is 0. The molecule has 0 unspecified atom stereocenters. The number of morpholine rings is 1. The number of nitrogens with one attached hydrogen (secondary N) is 1. The second-order valence-corrected chi connectivity index (χ2v) is 8.27. The highest BCUT2D eigenvalue weighted by atomic mass is 16.5. The largest absolute Gasteiger partial charge is 0.379 e. The summed E-state index contributed by atoms with van der Waals surface area (Å²) in [5.41, 5.74) is 3.45. The van der Waals surface area contributed by atoms with E-state index < -0.39 is 0 Å². The summed E-state index contributed by atoms with van der Waals surface area (Å²) < 4.78 is 5.42. The minimum absolute atomic E-state index is 0.133. The van der Waals surface area contributed by atoms with Gasteiger partial charge in [-0.25, -0.2) is 0 Å². The van der Waals surface area contributed by atoms with Gasteiger partial charge in [0.2, 0.25) is 0 Å². The number of rotatable bonds is 6. The molecule has 2 aromatic carbocycles. The van der Waals surface area contributed by atoms with Crippen molar-refractivity contribution in [1.29, 1.82) is 0 Å². The molecular formula is C24H30N2O3. The Labute approximate surface area is 173 Å². The molecule has 0 aromatic heterocycles. The van der Waals surface area contributed by atoms with Gasteiger partial charge in [0.05, 0.1) is 18.8 Å². The van der Waals surface area contributed by atoms with Crippen LogP contribution < -0.4 is 5.32 Å². The minimum atomic E-state index is -0.223. The van der Waals surface area contributed by atoms with Crippen molar-refractivity contribution >= 4 is 11.7 Å².